The molecule has 1 aromatic rings. The zero-order chi connectivity index (χ0) is 17.7. The fourth-order valence-corrected chi connectivity index (χ4v) is 3.38. The number of esters is 1. The van der Waals surface area contributed by atoms with Gasteiger partial charge in [0.1, 0.15) is 11.9 Å². The minimum atomic E-state index is -0.697. The summed E-state index contributed by atoms with van der Waals surface area (Å²) in [5, 5.41) is 4.40. The molecule has 0 spiro atoms. The highest BCUT2D eigenvalue weighted by Crippen LogP contribution is 2.23. The predicted octanol–water partition coefficient (Wildman–Crippen LogP) is 1.97. The van der Waals surface area contributed by atoms with E-state index in [4.69, 9.17) is 16.3 Å². The van der Waals surface area contributed by atoms with E-state index in [0.717, 1.165) is 6.07 Å². The summed E-state index contributed by atoms with van der Waals surface area (Å²) in [5.74, 6) is -1.52. The van der Waals surface area contributed by atoms with Crippen LogP contribution in [0.5, 0.6) is 0 Å². The molecule has 0 unspecified atom stereocenters. The highest BCUT2D eigenvalue weighted by atomic mass is 35.5. The molecule has 130 valence electrons. The van der Waals surface area contributed by atoms with Crippen LogP contribution in [0.1, 0.15) is 13.3 Å². The third-order valence-electron chi connectivity index (χ3n) is 3.22. The molecule has 6 nitrogen and oxygen atoms in total. The van der Waals surface area contributed by atoms with Gasteiger partial charge in [-0.1, -0.05) is 11.6 Å². The Balaban J connectivity index is 1.87. The van der Waals surface area contributed by atoms with Crippen molar-refractivity contribution in [2.24, 2.45) is 0 Å². The van der Waals surface area contributed by atoms with Crippen molar-refractivity contribution in [2.45, 2.75) is 24.6 Å². The molecule has 0 aliphatic carbocycles. The second kappa shape index (κ2) is 8.34. The molecule has 1 saturated heterocycles. The summed E-state index contributed by atoms with van der Waals surface area (Å²) >= 11 is 6.86. The molecule has 1 aromatic carbocycles. The minimum absolute atomic E-state index is 0.0684. The molecule has 0 radical (unpaired) electrons. The molecule has 1 fully saturated rings. The first-order chi connectivity index (χ1) is 11.4. The third kappa shape index (κ3) is 4.85. The number of carbonyl (C=O) groups is 3. The van der Waals surface area contributed by atoms with Crippen molar-refractivity contribution in [3.05, 3.63) is 29.0 Å². The lowest BCUT2D eigenvalue weighted by Crippen LogP contribution is -2.51. The average Bonchev–Trinajstić information content (AvgIpc) is 2.53. The average molecular weight is 375 g/mol. The van der Waals surface area contributed by atoms with Crippen LogP contribution in [0, 0.1) is 5.82 Å². The summed E-state index contributed by atoms with van der Waals surface area (Å²) in [5.41, 5.74) is 0.344. The molecule has 9 heteroatoms. The van der Waals surface area contributed by atoms with E-state index in [1.807, 2.05) is 0 Å². The lowest BCUT2D eigenvalue weighted by molar-refractivity contribution is -0.146. The van der Waals surface area contributed by atoms with Crippen molar-refractivity contribution < 1.29 is 23.5 Å². The van der Waals surface area contributed by atoms with E-state index in [-0.39, 0.29) is 18.1 Å². The fourth-order valence-electron chi connectivity index (χ4n) is 2.07. The summed E-state index contributed by atoms with van der Waals surface area (Å²) < 4.78 is 17.9. The van der Waals surface area contributed by atoms with Gasteiger partial charge in [-0.05, 0) is 25.1 Å². The molecular formula is C15H16ClFN2O4S. The van der Waals surface area contributed by atoms with E-state index in [1.165, 1.54) is 23.9 Å². The summed E-state index contributed by atoms with van der Waals surface area (Å²) in [6.45, 7) is 1.92. The number of amides is 2. The Hall–Kier alpha value is -1.80. The number of anilines is 1. The van der Waals surface area contributed by atoms with E-state index in [9.17, 15) is 18.8 Å². The number of hydrogen-bond donors (Lipinski definition) is 2. The molecule has 1 aliphatic heterocycles. The van der Waals surface area contributed by atoms with Crippen molar-refractivity contribution in [1.82, 2.24) is 5.32 Å². The van der Waals surface area contributed by atoms with Crippen LogP contribution in [0.15, 0.2) is 18.2 Å². The van der Waals surface area contributed by atoms with Crippen LogP contribution in [0.4, 0.5) is 10.1 Å². The maximum atomic E-state index is 13.1. The van der Waals surface area contributed by atoms with Crippen LogP contribution in [0.3, 0.4) is 0 Å². The van der Waals surface area contributed by atoms with Gasteiger partial charge in [0.15, 0.2) is 0 Å². The molecule has 24 heavy (non-hydrogen) atoms. The number of rotatable bonds is 5. The number of hydrogen-bond acceptors (Lipinski definition) is 5. The van der Waals surface area contributed by atoms with Gasteiger partial charge in [0.05, 0.1) is 16.9 Å². The Labute approximate surface area is 147 Å². The lowest BCUT2D eigenvalue weighted by Gasteiger charge is -2.27. The van der Waals surface area contributed by atoms with Crippen LogP contribution < -0.4 is 10.6 Å². The molecular weight excluding hydrogens is 359 g/mol. The second-order valence-electron chi connectivity index (χ2n) is 5.02. The molecule has 1 aliphatic rings. The number of thioether (sulfide) groups is 1. The van der Waals surface area contributed by atoms with Gasteiger partial charge < -0.3 is 15.4 Å². The molecule has 2 amide bonds. The van der Waals surface area contributed by atoms with Gasteiger partial charge >= 0.3 is 5.97 Å². The van der Waals surface area contributed by atoms with Crippen LogP contribution in [-0.2, 0) is 19.1 Å². The van der Waals surface area contributed by atoms with Gasteiger partial charge in [-0.2, -0.15) is 0 Å². The van der Waals surface area contributed by atoms with E-state index < -0.39 is 34.9 Å². The van der Waals surface area contributed by atoms with Gasteiger partial charge in [-0.3, -0.25) is 9.59 Å². The smallest absolute Gasteiger partial charge is 0.329 e. The predicted molar refractivity (Wildman–Crippen MR) is 89.5 cm³/mol. The Morgan fingerprint density at radius 1 is 1.50 bits per heavy atom. The molecule has 2 N–H and O–H groups in total. The molecule has 0 bridgehead atoms. The maximum absolute atomic E-state index is 13.1. The second-order valence-corrected chi connectivity index (χ2v) is 6.66. The Morgan fingerprint density at radius 3 is 2.88 bits per heavy atom. The molecule has 0 aromatic heterocycles. The molecule has 2 rings (SSSR count). The minimum Gasteiger partial charge on any atom is -0.464 e. The fraction of sp³-hybridized carbons (Fsp3) is 0.400. The largest absolute Gasteiger partial charge is 0.464 e. The Morgan fingerprint density at radius 2 is 2.25 bits per heavy atom. The quantitative estimate of drug-likeness (QED) is 0.770. The highest BCUT2D eigenvalue weighted by molar-refractivity contribution is 8.00. The lowest BCUT2D eigenvalue weighted by atomic mass is 10.2. The summed E-state index contributed by atoms with van der Waals surface area (Å²) in [7, 11) is 0. The molecule has 2 atom stereocenters. The van der Waals surface area contributed by atoms with Gasteiger partial charge in [0, 0.05) is 17.9 Å². The van der Waals surface area contributed by atoms with Gasteiger partial charge in [-0.15, -0.1) is 11.8 Å². The number of halogens is 2. The van der Waals surface area contributed by atoms with E-state index in [1.54, 1.807) is 6.92 Å². The van der Waals surface area contributed by atoms with Crippen molar-refractivity contribution in [1.29, 1.82) is 0 Å². The maximum Gasteiger partial charge on any atom is 0.329 e. The number of carbonyl (C=O) groups excluding carboxylic acids is 3. The van der Waals surface area contributed by atoms with Crippen LogP contribution in [0.25, 0.3) is 0 Å². The van der Waals surface area contributed by atoms with E-state index in [2.05, 4.69) is 10.6 Å². The van der Waals surface area contributed by atoms with E-state index >= 15 is 0 Å². The van der Waals surface area contributed by atoms with Crippen molar-refractivity contribution in [3.8, 4) is 0 Å². The number of benzene rings is 1. The van der Waals surface area contributed by atoms with Crippen LogP contribution in [-0.4, -0.2) is 41.4 Å². The highest BCUT2D eigenvalue weighted by Gasteiger charge is 2.34. The molecule has 0 saturated carbocycles. The summed E-state index contributed by atoms with van der Waals surface area (Å²) in [6.07, 6.45) is -0.0684. The topological polar surface area (TPSA) is 84.5 Å². The van der Waals surface area contributed by atoms with Gasteiger partial charge in [0.2, 0.25) is 11.8 Å². The zero-order valence-corrected chi connectivity index (χ0v) is 14.4. The summed E-state index contributed by atoms with van der Waals surface area (Å²) in [6, 6.07) is 3.12. The first-order valence-electron chi connectivity index (χ1n) is 7.24. The number of ether oxygens (including phenoxy) is 1. The number of nitrogens with one attached hydrogen (secondary N) is 2. The van der Waals surface area contributed by atoms with Crippen LogP contribution >= 0.6 is 23.4 Å². The Kier molecular flexibility index (Phi) is 6.44. The molecule has 1 heterocycles. The SMILES string of the molecule is CCOC(=O)[C@H]1CS[C@H](CC(=O)Nc2ccc(F)c(Cl)c2)C(=O)N1. The normalized spacial score (nSPS) is 20.2. The van der Waals surface area contributed by atoms with Crippen molar-refractivity contribution in [2.75, 3.05) is 17.7 Å². The summed E-state index contributed by atoms with van der Waals surface area (Å²) in [4.78, 5) is 35.6. The van der Waals surface area contributed by atoms with Crippen LogP contribution in [0.2, 0.25) is 5.02 Å². The van der Waals surface area contributed by atoms with Gasteiger partial charge in [0.25, 0.3) is 0 Å². The van der Waals surface area contributed by atoms with E-state index in [0.29, 0.717) is 11.4 Å². The Bertz CT molecular complexity index is 658. The zero-order valence-electron chi connectivity index (χ0n) is 12.8. The van der Waals surface area contributed by atoms with Gasteiger partial charge in [-0.25, -0.2) is 9.18 Å². The third-order valence-corrected chi connectivity index (χ3v) is 4.82. The standard InChI is InChI=1S/C15H16ClFN2O4S/c1-2-23-15(22)11-7-24-12(14(21)19-11)6-13(20)18-8-3-4-10(17)9(16)5-8/h3-5,11-12H,2,6-7H2,1H3,(H,18,20)(H,19,21)/t11-,12-/m1/s1. The van der Waals surface area contributed by atoms with Crippen molar-refractivity contribution in [3.63, 3.8) is 0 Å². The first kappa shape index (κ1) is 18.5. The monoisotopic (exact) mass is 374 g/mol. The first-order valence-corrected chi connectivity index (χ1v) is 8.67. The van der Waals surface area contributed by atoms with Crippen molar-refractivity contribution >= 4 is 46.8 Å².